The van der Waals surface area contributed by atoms with Crippen molar-refractivity contribution in [3.63, 3.8) is 0 Å². The molecule has 0 aliphatic heterocycles. The third-order valence-corrected chi connectivity index (χ3v) is 9.09. The molecule has 0 radical (unpaired) electrons. The van der Waals surface area contributed by atoms with Gasteiger partial charge in [0.15, 0.2) is 0 Å². The second-order valence-electron chi connectivity index (χ2n) is 3.90. The summed E-state index contributed by atoms with van der Waals surface area (Å²) in [6, 6.07) is 0. The fraction of sp³-hybridized carbons (Fsp3) is 1.00. The van der Waals surface area contributed by atoms with Crippen LogP contribution in [-0.4, -0.2) is 37.9 Å². The summed E-state index contributed by atoms with van der Waals surface area (Å²) in [5.74, 6) is 0. The van der Waals surface area contributed by atoms with E-state index in [9.17, 15) is 0 Å². The van der Waals surface area contributed by atoms with Crippen molar-refractivity contribution in [3.05, 3.63) is 0 Å². The van der Waals surface area contributed by atoms with Crippen LogP contribution in [0.3, 0.4) is 0 Å². The van der Waals surface area contributed by atoms with Gasteiger partial charge in [0.25, 0.3) is 0 Å². The molecule has 0 rings (SSSR count). The van der Waals surface area contributed by atoms with E-state index in [1.54, 1.807) is 0 Å². The van der Waals surface area contributed by atoms with E-state index in [-0.39, 0.29) is 0 Å². The fourth-order valence-electron chi connectivity index (χ4n) is 2.05. The van der Waals surface area contributed by atoms with E-state index >= 15 is 0 Å². The van der Waals surface area contributed by atoms with Gasteiger partial charge in [-0.25, -0.2) is 0 Å². The summed E-state index contributed by atoms with van der Waals surface area (Å²) in [7, 11) is -0.906. The van der Waals surface area contributed by atoms with Crippen molar-refractivity contribution < 1.29 is 4.74 Å². The number of rotatable bonds is 8. The topological polar surface area (TPSA) is 9.23 Å². The monoisotopic (exact) mass is 206 g/mol. The third kappa shape index (κ3) is 4.98. The first kappa shape index (κ1) is 13.4. The Morgan fingerprint density at radius 2 is 1.54 bits per heavy atom. The Kier molecular flexibility index (Phi) is 8.00. The van der Waals surface area contributed by atoms with E-state index in [1.807, 2.05) is 0 Å². The second-order valence-corrected chi connectivity index (χ2v) is 9.32. The van der Waals surface area contributed by atoms with Gasteiger partial charge in [-0.05, 0) is 0 Å². The van der Waals surface area contributed by atoms with Crippen LogP contribution in [0.2, 0.25) is 0 Å². The zero-order valence-electron chi connectivity index (χ0n) is 9.86. The van der Waals surface area contributed by atoms with Crippen LogP contribution in [0, 0.1) is 0 Å². The van der Waals surface area contributed by atoms with Gasteiger partial charge in [-0.2, -0.15) is 0 Å². The van der Waals surface area contributed by atoms with Crippen LogP contribution >= 0.6 is 7.26 Å². The summed E-state index contributed by atoms with van der Waals surface area (Å²) < 4.78 is 5.47. The van der Waals surface area contributed by atoms with Gasteiger partial charge in [0.05, 0.1) is 0 Å². The summed E-state index contributed by atoms with van der Waals surface area (Å²) in [5, 5.41) is 0. The van der Waals surface area contributed by atoms with E-state index < -0.39 is 7.26 Å². The number of ether oxygens (including phenoxy) is 1. The minimum absolute atomic E-state index is 0.879. The molecule has 0 aromatic carbocycles. The van der Waals surface area contributed by atoms with Crippen LogP contribution in [0.25, 0.3) is 0 Å². The summed E-state index contributed by atoms with van der Waals surface area (Å²) >= 11 is 0. The number of hydrogen-bond donors (Lipinski definition) is 0. The van der Waals surface area contributed by atoms with Crippen LogP contribution in [0.1, 0.15) is 34.1 Å². The Bertz CT molecular complexity index is 111. The molecule has 0 N–H and O–H groups in total. The molecule has 2 heteroatoms. The molecule has 13 heavy (non-hydrogen) atoms. The molecule has 0 aromatic rings. The zero-order chi connectivity index (χ0) is 10.2. The summed E-state index contributed by atoms with van der Waals surface area (Å²) in [6.45, 7) is 11.0. The van der Waals surface area contributed by atoms with Crippen molar-refractivity contribution in [2.75, 3.05) is 37.9 Å². The maximum absolute atomic E-state index is 5.47. The van der Waals surface area contributed by atoms with Crippen molar-refractivity contribution in [1.29, 1.82) is 0 Å². The molecule has 0 aliphatic rings. The Balaban J connectivity index is 3.89. The maximum atomic E-state index is 5.47. The molecular formula is C11H27OP. The standard InChI is InChI=1S/C11H27OP/c1-5-10-13(7-3,8-4)11-9-12-6-2/h13H,5-11H2,1-4H3. The van der Waals surface area contributed by atoms with Crippen LogP contribution in [-0.2, 0) is 4.74 Å². The molecule has 0 aliphatic carbocycles. The molecule has 0 saturated carbocycles. The predicted octanol–water partition coefficient (Wildman–Crippen LogP) is 3.22. The van der Waals surface area contributed by atoms with E-state index in [0.717, 1.165) is 13.2 Å². The Morgan fingerprint density at radius 3 is 1.92 bits per heavy atom. The molecule has 0 bridgehead atoms. The molecule has 0 heterocycles. The number of hydrogen-bond acceptors (Lipinski definition) is 1. The average Bonchev–Trinajstić information content (AvgIpc) is 2.17. The van der Waals surface area contributed by atoms with Gasteiger partial charge in [-0.1, -0.05) is 0 Å². The molecular weight excluding hydrogens is 179 g/mol. The third-order valence-electron chi connectivity index (χ3n) is 3.26. The Morgan fingerprint density at radius 1 is 0.923 bits per heavy atom. The first-order valence-corrected chi connectivity index (χ1v) is 8.65. The van der Waals surface area contributed by atoms with Crippen molar-refractivity contribution in [3.8, 4) is 0 Å². The molecule has 0 saturated heterocycles. The van der Waals surface area contributed by atoms with Crippen molar-refractivity contribution in [1.82, 2.24) is 0 Å². The summed E-state index contributed by atoms with van der Waals surface area (Å²) in [6.07, 6.45) is 7.10. The van der Waals surface area contributed by atoms with E-state index in [0.29, 0.717) is 0 Å². The molecule has 0 unspecified atom stereocenters. The van der Waals surface area contributed by atoms with Gasteiger partial charge >= 0.3 is 84.0 Å². The minimum atomic E-state index is -0.906. The fourth-order valence-corrected chi connectivity index (χ4v) is 5.85. The second kappa shape index (κ2) is 7.76. The van der Waals surface area contributed by atoms with Crippen molar-refractivity contribution in [2.45, 2.75) is 34.1 Å². The van der Waals surface area contributed by atoms with Crippen molar-refractivity contribution in [2.24, 2.45) is 0 Å². The SMILES string of the molecule is CCC[PH](CC)(CC)CCOCC. The normalized spacial score (nSPS) is 13.2. The molecule has 0 amide bonds. The van der Waals surface area contributed by atoms with Crippen LogP contribution in [0.15, 0.2) is 0 Å². The van der Waals surface area contributed by atoms with E-state index in [4.69, 9.17) is 4.74 Å². The summed E-state index contributed by atoms with van der Waals surface area (Å²) in [5.41, 5.74) is 0. The molecule has 0 aromatic heterocycles. The van der Waals surface area contributed by atoms with Gasteiger partial charge in [-0.3, -0.25) is 0 Å². The first-order chi connectivity index (χ1) is 6.24. The van der Waals surface area contributed by atoms with Gasteiger partial charge in [0, 0.05) is 0 Å². The van der Waals surface area contributed by atoms with Gasteiger partial charge in [0.1, 0.15) is 0 Å². The van der Waals surface area contributed by atoms with Crippen LogP contribution in [0.4, 0.5) is 0 Å². The van der Waals surface area contributed by atoms with E-state index in [1.165, 1.54) is 31.1 Å². The average molecular weight is 206 g/mol. The quantitative estimate of drug-likeness (QED) is 0.437. The van der Waals surface area contributed by atoms with Crippen LogP contribution in [0.5, 0.6) is 0 Å². The molecule has 0 spiro atoms. The molecule has 1 nitrogen and oxygen atoms in total. The Hall–Kier alpha value is 0.390. The van der Waals surface area contributed by atoms with Gasteiger partial charge < -0.3 is 0 Å². The van der Waals surface area contributed by atoms with E-state index in [2.05, 4.69) is 27.7 Å². The Labute approximate surface area is 84.6 Å². The summed E-state index contributed by atoms with van der Waals surface area (Å²) in [4.78, 5) is 0. The molecule has 82 valence electrons. The van der Waals surface area contributed by atoms with Gasteiger partial charge in [-0.15, -0.1) is 0 Å². The predicted molar refractivity (Wildman–Crippen MR) is 65.9 cm³/mol. The molecule has 0 fully saturated rings. The molecule has 0 atom stereocenters. The first-order valence-electron chi connectivity index (χ1n) is 5.82. The van der Waals surface area contributed by atoms with Gasteiger partial charge in [0.2, 0.25) is 0 Å². The zero-order valence-corrected chi connectivity index (χ0v) is 10.9. The van der Waals surface area contributed by atoms with Crippen molar-refractivity contribution >= 4 is 7.26 Å². The van der Waals surface area contributed by atoms with Crippen LogP contribution < -0.4 is 0 Å².